The molecule has 5 atom stereocenters. The number of esters is 1. The summed E-state index contributed by atoms with van der Waals surface area (Å²) in [4.78, 5) is 12.5. The Morgan fingerprint density at radius 1 is 1.38 bits per heavy atom. The second-order valence-corrected chi connectivity index (χ2v) is 7.08. The van der Waals surface area contributed by atoms with Crippen LogP contribution in [0, 0.1) is 23.7 Å². The molecule has 0 aromatic rings. The molecule has 21 heavy (non-hydrogen) atoms. The highest BCUT2D eigenvalue weighted by molar-refractivity contribution is 5.82. The van der Waals surface area contributed by atoms with E-state index < -0.39 is 5.54 Å². The molecule has 2 aliphatic carbocycles. The lowest BCUT2D eigenvalue weighted by molar-refractivity contribution is -0.151. The zero-order valence-corrected chi connectivity index (χ0v) is 13.3. The van der Waals surface area contributed by atoms with Gasteiger partial charge >= 0.3 is 5.97 Å². The maximum atomic E-state index is 12.5. The highest BCUT2D eigenvalue weighted by Crippen LogP contribution is 2.52. The summed E-state index contributed by atoms with van der Waals surface area (Å²) in [5, 5.41) is 8.58. The molecule has 3 aliphatic rings. The van der Waals surface area contributed by atoms with E-state index in [0.717, 1.165) is 18.8 Å². The van der Waals surface area contributed by atoms with Gasteiger partial charge in [-0.3, -0.25) is 0 Å². The summed E-state index contributed by atoms with van der Waals surface area (Å²) in [6.45, 7) is 5.23. The topological polar surface area (TPSA) is 51.0 Å². The van der Waals surface area contributed by atoms with Crippen LogP contribution in [0.4, 0.5) is 0 Å². The Morgan fingerprint density at radius 2 is 2.19 bits per heavy atom. The third-order valence-electron chi connectivity index (χ3n) is 5.97. The number of allylic oxidation sites excluding steroid dienone is 2. The van der Waals surface area contributed by atoms with Crippen molar-refractivity contribution in [1.29, 1.82) is 0 Å². The summed E-state index contributed by atoms with van der Waals surface area (Å²) < 4.78 is 5.11. The van der Waals surface area contributed by atoms with Crippen molar-refractivity contribution in [2.24, 2.45) is 33.9 Å². The number of fused-ring (bicyclic) bond motifs is 1. The zero-order valence-electron chi connectivity index (χ0n) is 13.3. The van der Waals surface area contributed by atoms with Gasteiger partial charge in [-0.25, -0.2) is 4.79 Å². The van der Waals surface area contributed by atoms with E-state index in [1.165, 1.54) is 31.9 Å². The van der Waals surface area contributed by atoms with Crippen molar-refractivity contribution >= 4 is 5.97 Å². The van der Waals surface area contributed by atoms with Gasteiger partial charge in [-0.1, -0.05) is 25.0 Å². The van der Waals surface area contributed by atoms with Crippen molar-refractivity contribution in [3.8, 4) is 0 Å². The smallest absolute Gasteiger partial charge is 0.336 e. The predicted molar refractivity (Wildman–Crippen MR) is 80.9 cm³/mol. The largest absolute Gasteiger partial charge is 0.467 e. The molecular weight excluding hydrogens is 264 g/mol. The lowest BCUT2D eigenvalue weighted by Gasteiger charge is -2.47. The average Bonchev–Trinajstić information content (AvgIpc) is 2.97. The second kappa shape index (κ2) is 5.54. The molecule has 0 spiro atoms. The first-order valence-corrected chi connectivity index (χ1v) is 8.23. The molecule has 0 radical (unpaired) electrons. The number of hydrogen-bond acceptors (Lipinski definition) is 4. The Hall–Kier alpha value is -1.19. The molecule has 1 unspecified atom stereocenters. The van der Waals surface area contributed by atoms with Gasteiger partial charge in [-0.15, -0.1) is 0 Å². The number of azo groups is 1. The summed E-state index contributed by atoms with van der Waals surface area (Å²) in [5.41, 5.74) is 0.747. The Morgan fingerprint density at radius 3 is 2.86 bits per heavy atom. The SMILES string of the molecule is COC(=O)[C@@]1(C2CC[C@@H](C)[C@@H]3CCC(C)=C[C@H]23)CCN=N1. The lowest BCUT2D eigenvalue weighted by atomic mass is 9.57. The molecule has 0 bridgehead atoms. The minimum absolute atomic E-state index is 0.182. The van der Waals surface area contributed by atoms with Crippen LogP contribution < -0.4 is 0 Å². The van der Waals surface area contributed by atoms with Gasteiger partial charge in [0.25, 0.3) is 0 Å². The maximum Gasteiger partial charge on any atom is 0.336 e. The predicted octanol–water partition coefficient (Wildman–Crippen LogP) is 3.77. The van der Waals surface area contributed by atoms with Crippen LogP contribution in [0.2, 0.25) is 0 Å². The van der Waals surface area contributed by atoms with Crippen molar-refractivity contribution in [3.63, 3.8) is 0 Å². The summed E-state index contributed by atoms with van der Waals surface area (Å²) in [5.74, 6) is 1.96. The zero-order chi connectivity index (χ0) is 15.0. The minimum Gasteiger partial charge on any atom is -0.467 e. The summed E-state index contributed by atoms with van der Waals surface area (Å²) in [6.07, 6.45) is 7.83. The van der Waals surface area contributed by atoms with E-state index >= 15 is 0 Å². The molecule has 1 aliphatic heterocycles. The minimum atomic E-state index is -0.716. The number of carbonyl (C=O) groups excluding carboxylic acids is 1. The molecule has 0 saturated heterocycles. The molecule has 4 nitrogen and oxygen atoms in total. The molecule has 0 amide bonds. The Kier molecular flexibility index (Phi) is 3.89. The van der Waals surface area contributed by atoms with Crippen LogP contribution in [0.3, 0.4) is 0 Å². The first-order chi connectivity index (χ1) is 10.1. The van der Waals surface area contributed by atoms with E-state index in [1.807, 2.05) is 0 Å². The maximum absolute atomic E-state index is 12.5. The van der Waals surface area contributed by atoms with Crippen molar-refractivity contribution in [2.45, 2.75) is 51.5 Å². The molecule has 1 saturated carbocycles. The van der Waals surface area contributed by atoms with Crippen molar-refractivity contribution in [2.75, 3.05) is 13.7 Å². The molecule has 0 N–H and O–H groups in total. The van der Waals surface area contributed by atoms with E-state index in [9.17, 15) is 4.79 Å². The normalized spacial score (nSPS) is 42.3. The van der Waals surface area contributed by atoms with Crippen molar-refractivity contribution < 1.29 is 9.53 Å². The van der Waals surface area contributed by atoms with Crippen LogP contribution in [0.25, 0.3) is 0 Å². The van der Waals surface area contributed by atoms with E-state index in [1.54, 1.807) is 0 Å². The molecule has 1 fully saturated rings. The van der Waals surface area contributed by atoms with Crippen LogP contribution >= 0.6 is 0 Å². The number of nitrogens with zero attached hydrogens (tertiary/aromatic N) is 2. The molecule has 0 aromatic heterocycles. The Balaban J connectivity index is 1.97. The van der Waals surface area contributed by atoms with Crippen molar-refractivity contribution in [1.82, 2.24) is 0 Å². The van der Waals surface area contributed by atoms with Gasteiger partial charge < -0.3 is 4.74 Å². The van der Waals surface area contributed by atoms with Crippen molar-refractivity contribution in [3.05, 3.63) is 11.6 Å². The molecule has 116 valence electrons. The monoisotopic (exact) mass is 290 g/mol. The summed E-state index contributed by atoms with van der Waals surface area (Å²) in [7, 11) is 1.48. The molecule has 3 rings (SSSR count). The Labute approximate surface area is 127 Å². The quantitative estimate of drug-likeness (QED) is 0.574. The van der Waals surface area contributed by atoms with Gasteiger partial charge in [-0.2, -0.15) is 10.2 Å². The fraction of sp³-hybridized carbons (Fsp3) is 0.824. The van der Waals surface area contributed by atoms with Gasteiger partial charge in [0, 0.05) is 12.3 Å². The fourth-order valence-electron chi connectivity index (χ4n) is 4.78. The number of methoxy groups -OCH3 is 1. The van der Waals surface area contributed by atoms with E-state index in [-0.39, 0.29) is 11.9 Å². The molecular formula is C17H26N2O2. The molecule has 1 heterocycles. The number of hydrogen-bond donors (Lipinski definition) is 0. The highest BCUT2D eigenvalue weighted by atomic mass is 16.5. The molecule has 0 aromatic carbocycles. The second-order valence-electron chi connectivity index (χ2n) is 7.08. The van der Waals surface area contributed by atoms with Gasteiger partial charge in [-0.05, 0) is 43.9 Å². The van der Waals surface area contributed by atoms with Crippen LogP contribution in [-0.2, 0) is 9.53 Å². The molecule has 4 heteroatoms. The standard InChI is InChI=1S/C17H26N2O2/c1-11-4-6-13-12(2)5-7-15(14(13)10-11)17(16(20)21-3)8-9-18-19-17/h10,12-15H,4-9H2,1-3H3/t12-,13+,14+,15?,17+/m1/s1. The average molecular weight is 290 g/mol. The first-order valence-electron chi connectivity index (χ1n) is 8.23. The number of rotatable bonds is 2. The van der Waals surface area contributed by atoms with Crippen LogP contribution in [0.1, 0.15) is 46.0 Å². The van der Waals surface area contributed by atoms with Crippen LogP contribution in [-0.4, -0.2) is 25.2 Å². The van der Waals surface area contributed by atoms with Gasteiger partial charge in [0.05, 0.1) is 13.7 Å². The van der Waals surface area contributed by atoms with Gasteiger partial charge in [0.1, 0.15) is 0 Å². The van der Waals surface area contributed by atoms with Gasteiger partial charge in [0.2, 0.25) is 0 Å². The lowest BCUT2D eigenvalue weighted by Crippen LogP contribution is -2.51. The summed E-state index contributed by atoms with van der Waals surface area (Å²) >= 11 is 0. The third-order valence-corrected chi connectivity index (χ3v) is 5.97. The van der Waals surface area contributed by atoms with Crippen LogP contribution in [0.15, 0.2) is 21.9 Å². The Bertz CT molecular complexity index is 485. The van der Waals surface area contributed by atoms with E-state index in [0.29, 0.717) is 18.4 Å². The third kappa shape index (κ3) is 2.33. The number of ether oxygens (including phenoxy) is 1. The number of carbonyl (C=O) groups is 1. The fourth-order valence-corrected chi connectivity index (χ4v) is 4.78. The highest BCUT2D eigenvalue weighted by Gasteiger charge is 2.55. The first kappa shape index (κ1) is 14.7. The van der Waals surface area contributed by atoms with E-state index in [4.69, 9.17) is 4.74 Å². The summed E-state index contributed by atoms with van der Waals surface area (Å²) in [6, 6.07) is 0. The van der Waals surface area contributed by atoms with Gasteiger partial charge in [0.15, 0.2) is 5.54 Å². The van der Waals surface area contributed by atoms with Crippen LogP contribution in [0.5, 0.6) is 0 Å². The van der Waals surface area contributed by atoms with E-state index in [2.05, 4.69) is 30.2 Å².